The number of benzene rings is 1. The van der Waals surface area contributed by atoms with Crippen molar-refractivity contribution >= 4 is 34.2 Å². The van der Waals surface area contributed by atoms with Gasteiger partial charge in [0.25, 0.3) is 5.91 Å². The molecule has 0 unspecified atom stereocenters. The van der Waals surface area contributed by atoms with Crippen molar-refractivity contribution in [3.63, 3.8) is 0 Å². The SMILES string of the molecule is Cc1c(Br)cccc1C(=O)N1CCC[C@@H](N)C1.Cl. The Morgan fingerprint density at radius 3 is 2.89 bits per heavy atom. The van der Waals surface area contributed by atoms with Gasteiger partial charge in [-0.1, -0.05) is 22.0 Å². The van der Waals surface area contributed by atoms with Crippen LogP contribution in [0.1, 0.15) is 28.8 Å². The van der Waals surface area contributed by atoms with Crippen LogP contribution in [0.15, 0.2) is 22.7 Å². The molecule has 0 saturated carbocycles. The number of hydrogen-bond donors (Lipinski definition) is 1. The molecule has 2 N–H and O–H groups in total. The highest BCUT2D eigenvalue weighted by Gasteiger charge is 2.23. The molecular formula is C13H18BrClN2O. The zero-order chi connectivity index (χ0) is 12.4. The Morgan fingerprint density at radius 2 is 2.22 bits per heavy atom. The Bertz CT molecular complexity index is 439. The van der Waals surface area contributed by atoms with E-state index in [-0.39, 0.29) is 24.4 Å². The lowest BCUT2D eigenvalue weighted by Gasteiger charge is -2.31. The van der Waals surface area contributed by atoms with Gasteiger partial charge >= 0.3 is 0 Å². The minimum Gasteiger partial charge on any atom is -0.337 e. The zero-order valence-electron chi connectivity index (χ0n) is 10.4. The molecule has 1 amide bonds. The predicted octanol–water partition coefficient (Wildman–Crippen LogP) is 2.74. The van der Waals surface area contributed by atoms with Crippen LogP contribution >= 0.6 is 28.3 Å². The van der Waals surface area contributed by atoms with Gasteiger partial charge < -0.3 is 10.6 Å². The van der Waals surface area contributed by atoms with Crippen molar-refractivity contribution in [1.29, 1.82) is 0 Å². The molecule has 1 atom stereocenters. The first kappa shape index (κ1) is 15.5. The Hall–Kier alpha value is -0.580. The number of nitrogens with zero attached hydrogens (tertiary/aromatic N) is 1. The maximum atomic E-state index is 12.4. The summed E-state index contributed by atoms with van der Waals surface area (Å²) in [6.07, 6.45) is 2.02. The van der Waals surface area contributed by atoms with Crippen molar-refractivity contribution in [3.8, 4) is 0 Å². The van der Waals surface area contributed by atoms with E-state index in [9.17, 15) is 4.79 Å². The molecule has 0 aromatic heterocycles. The monoisotopic (exact) mass is 332 g/mol. The summed E-state index contributed by atoms with van der Waals surface area (Å²) in [5, 5.41) is 0. The number of carbonyl (C=O) groups excluding carboxylic acids is 1. The van der Waals surface area contributed by atoms with Crippen molar-refractivity contribution in [1.82, 2.24) is 4.90 Å². The Morgan fingerprint density at radius 1 is 1.50 bits per heavy atom. The zero-order valence-corrected chi connectivity index (χ0v) is 12.8. The number of halogens is 2. The summed E-state index contributed by atoms with van der Waals surface area (Å²) in [7, 11) is 0. The fraction of sp³-hybridized carbons (Fsp3) is 0.462. The van der Waals surface area contributed by atoms with Crippen LogP contribution in [0, 0.1) is 6.92 Å². The number of carbonyl (C=O) groups is 1. The first-order valence-corrected chi connectivity index (χ1v) is 6.69. The molecule has 1 aliphatic heterocycles. The fourth-order valence-corrected chi connectivity index (χ4v) is 2.57. The van der Waals surface area contributed by atoms with Crippen LogP contribution in [0.25, 0.3) is 0 Å². The lowest BCUT2D eigenvalue weighted by Crippen LogP contribution is -2.45. The lowest BCUT2D eigenvalue weighted by atomic mass is 10.0. The molecular weight excluding hydrogens is 316 g/mol. The topological polar surface area (TPSA) is 46.3 Å². The molecule has 1 fully saturated rings. The van der Waals surface area contributed by atoms with Gasteiger partial charge in [0.15, 0.2) is 0 Å². The molecule has 1 aliphatic rings. The van der Waals surface area contributed by atoms with Crippen LogP contribution in [-0.4, -0.2) is 29.9 Å². The van der Waals surface area contributed by atoms with Gasteiger partial charge in [-0.2, -0.15) is 0 Å². The van der Waals surface area contributed by atoms with E-state index >= 15 is 0 Å². The van der Waals surface area contributed by atoms with E-state index in [1.54, 1.807) is 0 Å². The van der Waals surface area contributed by atoms with Crippen molar-refractivity contribution < 1.29 is 4.79 Å². The van der Waals surface area contributed by atoms with Gasteiger partial charge in [-0.25, -0.2) is 0 Å². The molecule has 1 heterocycles. The Labute approximate surface area is 122 Å². The van der Waals surface area contributed by atoms with Crippen molar-refractivity contribution in [3.05, 3.63) is 33.8 Å². The minimum atomic E-state index is 0. The molecule has 1 aromatic carbocycles. The normalized spacial score (nSPS) is 19.3. The molecule has 0 spiro atoms. The summed E-state index contributed by atoms with van der Waals surface area (Å²) in [6.45, 7) is 3.45. The average molecular weight is 334 g/mol. The second-order valence-electron chi connectivity index (χ2n) is 4.57. The van der Waals surface area contributed by atoms with Crippen LogP contribution in [0.5, 0.6) is 0 Å². The highest BCUT2D eigenvalue weighted by Crippen LogP contribution is 2.22. The number of amides is 1. The van der Waals surface area contributed by atoms with Crippen LogP contribution < -0.4 is 5.73 Å². The largest absolute Gasteiger partial charge is 0.337 e. The summed E-state index contributed by atoms with van der Waals surface area (Å²) in [5.41, 5.74) is 7.67. The van der Waals surface area contributed by atoms with Crippen LogP contribution in [0.3, 0.4) is 0 Å². The van der Waals surface area contributed by atoms with E-state index in [1.807, 2.05) is 30.0 Å². The lowest BCUT2D eigenvalue weighted by molar-refractivity contribution is 0.0708. The minimum absolute atomic E-state index is 0. The third-order valence-corrected chi connectivity index (χ3v) is 4.10. The van der Waals surface area contributed by atoms with Crippen LogP contribution in [0.4, 0.5) is 0 Å². The molecule has 0 radical (unpaired) electrons. The van der Waals surface area contributed by atoms with Crippen molar-refractivity contribution in [2.24, 2.45) is 5.73 Å². The maximum Gasteiger partial charge on any atom is 0.254 e. The van der Waals surface area contributed by atoms with E-state index in [4.69, 9.17) is 5.73 Å². The summed E-state index contributed by atoms with van der Waals surface area (Å²) in [4.78, 5) is 14.2. The number of piperidine rings is 1. The summed E-state index contributed by atoms with van der Waals surface area (Å²) in [5.74, 6) is 0.0963. The predicted molar refractivity (Wildman–Crippen MR) is 79.2 cm³/mol. The summed E-state index contributed by atoms with van der Waals surface area (Å²) < 4.78 is 0.977. The third-order valence-electron chi connectivity index (χ3n) is 3.24. The van der Waals surface area contributed by atoms with Gasteiger partial charge in [-0.3, -0.25) is 4.79 Å². The Balaban J connectivity index is 0.00000162. The molecule has 100 valence electrons. The third kappa shape index (κ3) is 3.25. The first-order chi connectivity index (χ1) is 8.09. The first-order valence-electron chi connectivity index (χ1n) is 5.89. The van der Waals surface area contributed by atoms with E-state index in [0.29, 0.717) is 6.54 Å². The van der Waals surface area contributed by atoms with Crippen molar-refractivity contribution in [2.45, 2.75) is 25.8 Å². The second-order valence-corrected chi connectivity index (χ2v) is 5.42. The number of nitrogens with two attached hydrogens (primary N) is 1. The highest BCUT2D eigenvalue weighted by atomic mass is 79.9. The molecule has 0 bridgehead atoms. The fourth-order valence-electron chi connectivity index (χ4n) is 2.20. The van der Waals surface area contributed by atoms with E-state index < -0.39 is 0 Å². The van der Waals surface area contributed by atoms with Gasteiger partial charge in [0, 0.05) is 29.2 Å². The number of likely N-dealkylation sites (tertiary alicyclic amines) is 1. The smallest absolute Gasteiger partial charge is 0.254 e. The van der Waals surface area contributed by atoms with E-state index in [0.717, 1.165) is 35.0 Å². The van der Waals surface area contributed by atoms with Gasteiger partial charge in [0.1, 0.15) is 0 Å². The number of rotatable bonds is 1. The molecule has 1 aromatic rings. The van der Waals surface area contributed by atoms with Gasteiger partial charge in [-0.15, -0.1) is 12.4 Å². The van der Waals surface area contributed by atoms with Crippen LogP contribution in [0.2, 0.25) is 0 Å². The van der Waals surface area contributed by atoms with Crippen LogP contribution in [-0.2, 0) is 0 Å². The van der Waals surface area contributed by atoms with E-state index in [2.05, 4.69) is 15.9 Å². The van der Waals surface area contributed by atoms with Gasteiger partial charge in [0.05, 0.1) is 0 Å². The molecule has 1 saturated heterocycles. The quantitative estimate of drug-likeness (QED) is 0.859. The molecule has 3 nitrogen and oxygen atoms in total. The summed E-state index contributed by atoms with van der Waals surface area (Å²) in [6, 6.07) is 5.85. The molecule has 18 heavy (non-hydrogen) atoms. The number of hydrogen-bond acceptors (Lipinski definition) is 2. The van der Waals surface area contributed by atoms with Crippen molar-refractivity contribution in [2.75, 3.05) is 13.1 Å². The van der Waals surface area contributed by atoms with Gasteiger partial charge in [0.2, 0.25) is 0 Å². The molecule has 5 heteroatoms. The molecule has 0 aliphatic carbocycles. The molecule has 2 rings (SSSR count). The Kier molecular flexibility index (Phi) is 5.63. The second kappa shape index (κ2) is 6.55. The standard InChI is InChI=1S/C13H17BrN2O.ClH/c1-9-11(5-2-6-12(9)14)13(17)16-7-3-4-10(15)8-16;/h2,5-6,10H,3-4,7-8,15H2,1H3;1H/t10-;/m1./s1. The van der Waals surface area contributed by atoms with Gasteiger partial charge in [-0.05, 0) is 37.5 Å². The van der Waals surface area contributed by atoms with E-state index in [1.165, 1.54) is 0 Å². The summed E-state index contributed by atoms with van der Waals surface area (Å²) >= 11 is 3.45. The average Bonchev–Trinajstić information content (AvgIpc) is 2.32. The highest BCUT2D eigenvalue weighted by molar-refractivity contribution is 9.10. The maximum absolute atomic E-state index is 12.4.